The predicted octanol–water partition coefficient (Wildman–Crippen LogP) is 3.63. The maximum absolute atomic E-state index is 13.2. The largest absolute Gasteiger partial charge is 0.354 e. The molecule has 170 valence electrons. The van der Waals surface area contributed by atoms with Crippen molar-refractivity contribution in [3.63, 3.8) is 0 Å². The van der Waals surface area contributed by atoms with Crippen LogP contribution in [0.2, 0.25) is 5.02 Å². The zero-order chi connectivity index (χ0) is 23.1. The fourth-order valence-corrected chi connectivity index (χ4v) is 5.18. The molecule has 1 aromatic heterocycles. The average Bonchev–Trinajstić information content (AvgIpc) is 3.17. The number of hydrogen-bond donors (Lipinski definition) is 2. The molecule has 32 heavy (non-hydrogen) atoms. The van der Waals surface area contributed by atoms with Crippen molar-refractivity contribution in [1.82, 2.24) is 24.8 Å². The van der Waals surface area contributed by atoms with Crippen molar-refractivity contribution in [3.8, 4) is 0 Å². The molecule has 3 aromatic rings. The Morgan fingerprint density at radius 3 is 2.50 bits per heavy atom. The van der Waals surface area contributed by atoms with E-state index in [4.69, 9.17) is 11.6 Å². The Labute approximate surface area is 204 Å². The lowest BCUT2D eigenvalue weighted by atomic mass is 10.2. The van der Waals surface area contributed by atoms with E-state index in [0.717, 1.165) is 14.3 Å². The molecule has 0 aliphatic carbocycles. The minimum absolute atomic E-state index is 0.0359. The van der Waals surface area contributed by atoms with Gasteiger partial charge in [-0.25, -0.2) is 13.4 Å². The van der Waals surface area contributed by atoms with Crippen molar-refractivity contribution >= 4 is 55.2 Å². The van der Waals surface area contributed by atoms with Gasteiger partial charge >= 0.3 is 0 Å². The molecule has 1 amide bonds. The van der Waals surface area contributed by atoms with Crippen molar-refractivity contribution in [1.29, 1.82) is 0 Å². The van der Waals surface area contributed by atoms with Crippen molar-refractivity contribution < 1.29 is 13.2 Å². The van der Waals surface area contributed by atoms with Gasteiger partial charge in [0, 0.05) is 28.3 Å². The summed E-state index contributed by atoms with van der Waals surface area (Å²) in [6.07, 6.45) is 0. The molecule has 0 atom stereocenters. The number of amides is 1. The number of nitrogens with zero attached hydrogens (tertiary/aromatic N) is 3. The summed E-state index contributed by atoms with van der Waals surface area (Å²) in [7, 11) is -3.90. The van der Waals surface area contributed by atoms with Crippen molar-refractivity contribution in [3.05, 3.63) is 69.4 Å². The number of hydrogen-bond acceptors (Lipinski definition) is 6. The summed E-state index contributed by atoms with van der Waals surface area (Å²) in [4.78, 5) is 16.8. The number of sulfonamides is 1. The zero-order valence-corrected chi connectivity index (χ0v) is 21.1. The minimum Gasteiger partial charge on any atom is -0.354 e. The minimum atomic E-state index is -3.90. The second kappa shape index (κ2) is 11.3. The zero-order valence-electron chi connectivity index (χ0n) is 17.1. The first-order chi connectivity index (χ1) is 15.2. The number of rotatable bonds is 10. The lowest BCUT2D eigenvalue weighted by Crippen LogP contribution is -2.40. The number of H-pyrrole nitrogens is 1. The van der Waals surface area contributed by atoms with Crippen molar-refractivity contribution in [2.45, 2.75) is 23.5 Å². The third-order valence-corrected chi connectivity index (χ3v) is 7.71. The summed E-state index contributed by atoms with van der Waals surface area (Å²) in [5, 5.41) is 10.7. The first-order valence-corrected chi connectivity index (χ1v) is 13.1. The molecule has 0 saturated heterocycles. The number of nitrogens with one attached hydrogen (secondary N) is 2. The third-order valence-electron chi connectivity index (χ3n) is 4.28. The normalized spacial score (nSPS) is 11.6. The number of aryl methyl sites for hydroxylation is 1. The van der Waals surface area contributed by atoms with Gasteiger partial charge in [0.05, 0.1) is 11.4 Å². The maximum atomic E-state index is 13.2. The fourth-order valence-electron chi connectivity index (χ4n) is 2.71. The molecule has 1 heterocycles. The summed E-state index contributed by atoms with van der Waals surface area (Å²) in [5.41, 5.74) is 0.721. The van der Waals surface area contributed by atoms with Crippen LogP contribution in [-0.4, -0.2) is 52.7 Å². The van der Waals surface area contributed by atoms with Gasteiger partial charge in [-0.15, -0.1) is 5.10 Å². The Bertz CT molecular complexity index is 1150. The van der Waals surface area contributed by atoms with Gasteiger partial charge in [-0.3, -0.25) is 9.89 Å². The van der Waals surface area contributed by atoms with Crippen LogP contribution in [0.1, 0.15) is 11.4 Å². The highest BCUT2D eigenvalue weighted by Gasteiger charge is 2.27. The summed E-state index contributed by atoms with van der Waals surface area (Å²) in [6.45, 7) is 1.88. The molecule has 2 N–H and O–H groups in total. The van der Waals surface area contributed by atoms with Crippen molar-refractivity contribution in [2.75, 3.05) is 18.8 Å². The summed E-state index contributed by atoms with van der Waals surface area (Å²) < 4.78 is 28.4. The van der Waals surface area contributed by atoms with Crippen LogP contribution in [0.15, 0.2) is 63.1 Å². The molecule has 0 bridgehead atoms. The SMILES string of the molecule is Cc1nc(SCCNC(=O)CN(Cc2ccc(Cl)cc2)S(=O)(=O)c2ccc(Br)cc2)n[nH]1. The molecular weight excluding hydrogens is 538 g/mol. The molecule has 0 saturated carbocycles. The van der Waals surface area contributed by atoms with Crippen LogP contribution in [-0.2, 0) is 21.4 Å². The highest BCUT2D eigenvalue weighted by Crippen LogP contribution is 2.21. The summed E-state index contributed by atoms with van der Waals surface area (Å²) in [6, 6.07) is 13.1. The van der Waals surface area contributed by atoms with E-state index >= 15 is 0 Å². The van der Waals surface area contributed by atoms with Crippen LogP contribution < -0.4 is 5.32 Å². The molecule has 2 aromatic carbocycles. The van der Waals surface area contributed by atoms with E-state index in [1.165, 1.54) is 23.9 Å². The number of aromatic amines is 1. The van der Waals surface area contributed by atoms with Gasteiger partial charge in [-0.05, 0) is 48.9 Å². The van der Waals surface area contributed by atoms with Crippen LogP contribution in [0, 0.1) is 6.92 Å². The smallest absolute Gasteiger partial charge is 0.243 e. The van der Waals surface area contributed by atoms with Gasteiger partial charge in [0.25, 0.3) is 0 Å². The quantitative estimate of drug-likeness (QED) is 0.291. The van der Waals surface area contributed by atoms with E-state index in [-0.39, 0.29) is 18.0 Å². The highest BCUT2D eigenvalue weighted by molar-refractivity contribution is 9.10. The van der Waals surface area contributed by atoms with Crippen LogP contribution in [0.25, 0.3) is 0 Å². The van der Waals surface area contributed by atoms with Gasteiger partial charge < -0.3 is 5.32 Å². The summed E-state index contributed by atoms with van der Waals surface area (Å²) in [5.74, 6) is 0.874. The van der Waals surface area contributed by atoms with Crippen LogP contribution in [0.3, 0.4) is 0 Å². The standard InChI is InChI=1S/C20H21BrClN5O3S2/c1-14-24-20(26-25-14)31-11-10-23-19(28)13-27(12-15-2-6-17(22)7-3-15)32(29,30)18-8-4-16(21)5-9-18/h2-9H,10-13H2,1H3,(H,23,28)(H,24,25,26). The Balaban J connectivity index is 1.67. The molecule has 0 spiro atoms. The Hall–Kier alpha value is -1.92. The topological polar surface area (TPSA) is 108 Å². The number of carbonyl (C=O) groups is 1. The lowest BCUT2D eigenvalue weighted by molar-refractivity contribution is -0.121. The third kappa shape index (κ3) is 7.04. The Morgan fingerprint density at radius 1 is 1.19 bits per heavy atom. The monoisotopic (exact) mass is 557 g/mol. The van der Waals surface area contributed by atoms with E-state index in [1.54, 1.807) is 43.3 Å². The van der Waals surface area contributed by atoms with Gasteiger partial charge in [0.1, 0.15) is 5.82 Å². The Morgan fingerprint density at radius 2 is 1.88 bits per heavy atom. The first-order valence-electron chi connectivity index (χ1n) is 9.53. The maximum Gasteiger partial charge on any atom is 0.243 e. The molecule has 0 radical (unpaired) electrons. The van der Waals surface area contributed by atoms with Gasteiger partial charge in [-0.2, -0.15) is 4.31 Å². The molecule has 12 heteroatoms. The van der Waals surface area contributed by atoms with E-state index in [1.807, 2.05) is 0 Å². The molecule has 0 fully saturated rings. The molecule has 0 unspecified atom stereocenters. The van der Waals surface area contributed by atoms with Gasteiger partial charge in [0.15, 0.2) is 0 Å². The van der Waals surface area contributed by atoms with Crippen LogP contribution in [0.5, 0.6) is 0 Å². The lowest BCUT2D eigenvalue weighted by Gasteiger charge is -2.22. The number of aromatic nitrogens is 3. The van der Waals surface area contributed by atoms with Gasteiger partial charge in [-0.1, -0.05) is 51.4 Å². The van der Waals surface area contributed by atoms with Crippen LogP contribution >= 0.6 is 39.3 Å². The molecule has 0 aliphatic heterocycles. The predicted molar refractivity (Wildman–Crippen MR) is 128 cm³/mol. The molecule has 3 rings (SSSR count). The molecule has 8 nitrogen and oxygen atoms in total. The van der Waals surface area contributed by atoms with Crippen LogP contribution in [0.4, 0.5) is 0 Å². The van der Waals surface area contributed by atoms with E-state index in [9.17, 15) is 13.2 Å². The number of halogens is 2. The van der Waals surface area contributed by atoms with E-state index < -0.39 is 15.9 Å². The summed E-state index contributed by atoms with van der Waals surface area (Å²) >= 11 is 10.6. The Kier molecular flexibility index (Phi) is 8.72. The van der Waals surface area contributed by atoms with Gasteiger partial charge in [0.2, 0.25) is 21.1 Å². The van der Waals surface area contributed by atoms with E-state index in [0.29, 0.717) is 28.3 Å². The number of carbonyl (C=O) groups excluding carboxylic acids is 1. The van der Waals surface area contributed by atoms with Crippen molar-refractivity contribution in [2.24, 2.45) is 0 Å². The molecule has 0 aliphatic rings. The second-order valence-electron chi connectivity index (χ2n) is 6.76. The molecular formula is C20H21BrClN5O3S2. The first kappa shape index (κ1) is 24.7. The van der Waals surface area contributed by atoms with E-state index in [2.05, 4.69) is 36.4 Å². The second-order valence-corrected chi connectivity index (χ2v) is 11.1. The highest BCUT2D eigenvalue weighted by atomic mass is 79.9. The fraction of sp³-hybridized carbons (Fsp3) is 0.250. The average molecular weight is 559 g/mol. The number of benzene rings is 2. The number of thioether (sulfide) groups is 1.